The summed E-state index contributed by atoms with van der Waals surface area (Å²) in [6.45, 7) is 10.6. The van der Waals surface area contributed by atoms with Crippen LogP contribution < -0.4 is 31.9 Å². The van der Waals surface area contributed by atoms with Gasteiger partial charge in [0.2, 0.25) is 41.4 Å². The van der Waals surface area contributed by atoms with Crippen LogP contribution in [0.4, 0.5) is 13.2 Å². The summed E-state index contributed by atoms with van der Waals surface area (Å²) in [4.78, 5) is 157. The SMILES string of the molecule is N#C[C@@H]1CC(F)(F)CN1C(=O)[C@@H]1C[C@@H](CC(=O)N2Cc3cccc(Cn4cc(-c5ccc(C(=O)NCCNC(=O)CCC(=O)O)cc5)nn4)c3C2)C(=O)N1.[C-]#[N+][C@@H]1C[C@H](F)CN1C(=O)[C@@H]1C[C@@H](CC(=O)N2Cc3cccc(Cn4cc(-c5ccc(C(=O)NCCNC(=O)CCC(C)=O)cc5)nn4)c3C2)C(=O)N1. The van der Waals surface area contributed by atoms with E-state index in [1.807, 2.05) is 36.4 Å². The summed E-state index contributed by atoms with van der Waals surface area (Å²) in [7, 11) is 0. The predicted molar refractivity (Wildman–Crippen MR) is 370 cm³/mol. The molecule has 6 aliphatic heterocycles. The number of hydrogen-bond donors (Lipinski definition) is 7. The largest absolute Gasteiger partial charge is 0.481 e. The van der Waals surface area contributed by atoms with Gasteiger partial charge in [0, 0.05) is 125 Å². The van der Waals surface area contributed by atoms with Crippen LogP contribution in [0, 0.1) is 29.7 Å². The Morgan fingerprint density at radius 3 is 1.53 bits per heavy atom. The minimum Gasteiger partial charge on any atom is -0.481 e. The third kappa shape index (κ3) is 19.0. The van der Waals surface area contributed by atoms with Crippen LogP contribution >= 0.6 is 0 Å². The summed E-state index contributed by atoms with van der Waals surface area (Å²) in [5.74, 6) is -9.72. The monoisotopic (exact) mass is 1470 g/mol. The Labute approximate surface area is 610 Å². The standard InChI is InChI=1S/C37H40FN9O6.C36H37F2N9O7/c1-22(48)6-11-33(49)40-12-13-41-35(51)24-9-7-23(8-10-24)31-21-46(44-43-31)18-26-5-3-4-25-17-45(20-29(25)26)34(50)15-27-14-30(42-36(27)52)37(53)47-19-28(38)16-32(47)39-2;37-36(38)14-26(15-39)47(20-36)35(54)28-12-25(34(53)42-28)13-31(49)45-16-23-2-1-3-24(27(23)18-45)17-46-19-29(43-44-46)21-4-6-22(7-5-21)33(52)41-11-10-40-30(48)8-9-32(50)51/h3-5,7-10,21,27-28,30,32H,6,11-20H2,1H3,(H,40,49)(H,41,51)(H,42,52);1-7,19,25-26,28H,8-14,16-18,20H2,(H,40,48)(H,41,52)(H,42,53)(H,50,51)/t27-,28-,30-,32-;25-,26-,28-/m00/s1. The number of aromatic nitrogens is 6. The van der Waals surface area contributed by atoms with Crippen LogP contribution in [0.2, 0.25) is 0 Å². The number of carbonyl (C=O) groups excluding carboxylic acids is 11. The number of Topliss-reactive ketones (excluding diaryl/α,β-unsaturated/α-hetero) is 1. The fourth-order valence-electron chi connectivity index (χ4n) is 13.8. The highest BCUT2D eigenvalue weighted by molar-refractivity contribution is 5.97. The number of likely N-dealkylation sites (tertiary alicyclic amines) is 2. The van der Waals surface area contributed by atoms with Crippen molar-refractivity contribution in [3.05, 3.63) is 153 Å². The minimum absolute atomic E-state index is 0.0278. The molecule has 6 aliphatic rings. The number of carboxylic acid groups (broad SMARTS) is 1. The van der Waals surface area contributed by atoms with E-state index in [9.17, 15) is 76.0 Å². The lowest BCUT2D eigenvalue weighted by Gasteiger charge is -2.22. The number of nitriles is 1. The molecule has 107 heavy (non-hydrogen) atoms. The van der Waals surface area contributed by atoms with Gasteiger partial charge in [0.15, 0.2) is 0 Å². The number of carbonyl (C=O) groups is 12. The van der Waals surface area contributed by atoms with E-state index in [0.29, 0.717) is 61.8 Å². The van der Waals surface area contributed by atoms with Crippen LogP contribution in [0.3, 0.4) is 0 Å². The molecule has 10 amide bonds. The van der Waals surface area contributed by atoms with Crippen molar-refractivity contribution in [3.63, 3.8) is 0 Å². The van der Waals surface area contributed by atoms with E-state index < -0.39 is 96.7 Å². The van der Waals surface area contributed by atoms with Crippen molar-refractivity contribution in [3.8, 4) is 28.6 Å². The minimum atomic E-state index is -3.18. The second-order valence-corrected chi connectivity index (χ2v) is 27.2. The fraction of sp³-hybridized carbons (Fsp3) is 0.425. The zero-order valence-corrected chi connectivity index (χ0v) is 58.2. The molecular weight excluding hydrogens is 1390 g/mol. The van der Waals surface area contributed by atoms with Gasteiger partial charge in [-0.3, -0.25) is 62.5 Å². The van der Waals surface area contributed by atoms with Crippen molar-refractivity contribution in [2.24, 2.45) is 11.8 Å². The van der Waals surface area contributed by atoms with Gasteiger partial charge >= 0.3 is 12.1 Å². The maximum Gasteiger partial charge on any atom is 0.303 e. The second kappa shape index (κ2) is 33.7. The van der Waals surface area contributed by atoms with Crippen molar-refractivity contribution in [1.82, 2.24) is 81.5 Å². The van der Waals surface area contributed by atoms with Crippen LogP contribution in [-0.4, -0.2) is 201 Å². The van der Waals surface area contributed by atoms with Gasteiger partial charge in [0.05, 0.1) is 57.5 Å². The molecule has 0 aliphatic carbocycles. The number of carboxylic acids is 1. The lowest BCUT2D eigenvalue weighted by atomic mass is 9.99. The van der Waals surface area contributed by atoms with Gasteiger partial charge in [-0.2, -0.15) is 5.26 Å². The Morgan fingerprint density at radius 1 is 0.626 bits per heavy atom. The highest BCUT2D eigenvalue weighted by Crippen LogP contribution is 2.36. The molecule has 4 saturated heterocycles. The third-order valence-electron chi connectivity index (χ3n) is 19.4. The molecule has 4 aromatic carbocycles. The molecule has 0 saturated carbocycles. The van der Waals surface area contributed by atoms with E-state index in [1.165, 1.54) is 11.8 Å². The highest BCUT2D eigenvalue weighted by Gasteiger charge is 2.51. The molecule has 0 radical (unpaired) electrons. The van der Waals surface area contributed by atoms with E-state index >= 15 is 0 Å². The Balaban J connectivity index is 0.000000213. The van der Waals surface area contributed by atoms with E-state index in [2.05, 4.69) is 57.4 Å². The molecule has 0 bridgehead atoms. The summed E-state index contributed by atoms with van der Waals surface area (Å²) >= 11 is 0. The third-order valence-corrected chi connectivity index (χ3v) is 19.4. The molecule has 12 rings (SSSR count). The number of alkyl halides is 3. The summed E-state index contributed by atoms with van der Waals surface area (Å²) in [5.41, 5.74) is 9.26. The average Bonchev–Trinajstić information content (AvgIpc) is 1.66. The molecule has 2 aromatic heterocycles. The Morgan fingerprint density at radius 2 is 1.08 bits per heavy atom. The maximum atomic E-state index is 13.9. The van der Waals surface area contributed by atoms with Gasteiger partial charge in [-0.1, -0.05) is 71.1 Å². The number of nitrogens with one attached hydrogen (secondary N) is 6. The van der Waals surface area contributed by atoms with Crippen LogP contribution in [0.25, 0.3) is 27.4 Å². The van der Waals surface area contributed by atoms with Crippen molar-refractivity contribution in [1.29, 1.82) is 5.26 Å². The molecule has 7 N–H and O–H groups in total. The Bertz CT molecular complexity index is 4540. The van der Waals surface area contributed by atoms with Crippen molar-refractivity contribution >= 4 is 70.8 Å². The summed E-state index contributed by atoms with van der Waals surface area (Å²) in [5, 5.41) is 50.9. The van der Waals surface area contributed by atoms with Crippen LogP contribution in [0.1, 0.15) is 125 Å². The van der Waals surface area contributed by atoms with E-state index in [4.69, 9.17) is 11.7 Å². The van der Waals surface area contributed by atoms with Crippen molar-refractivity contribution < 1.29 is 75.8 Å². The number of fused-ring (bicyclic) bond motifs is 2. The first-order chi connectivity index (χ1) is 51.3. The molecule has 6 aromatic rings. The van der Waals surface area contributed by atoms with E-state index in [0.717, 1.165) is 49.4 Å². The number of ketones is 1. The van der Waals surface area contributed by atoms with Crippen molar-refractivity contribution in [2.75, 3.05) is 39.3 Å². The molecule has 8 heterocycles. The molecule has 31 nitrogen and oxygen atoms in total. The summed E-state index contributed by atoms with van der Waals surface area (Å²) < 4.78 is 45.1. The van der Waals surface area contributed by atoms with Gasteiger partial charge in [0.25, 0.3) is 23.6 Å². The zero-order valence-electron chi connectivity index (χ0n) is 58.2. The van der Waals surface area contributed by atoms with Crippen LogP contribution in [0.5, 0.6) is 0 Å². The van der Waals surface area contributed by atoms with Gasteiger partial charge in [-0.05, 0) is 77.4 Å². The smallest absolute Gasteiger partial charge is 0.303 e. The predicted octanol–water partition coefficient (Wildman–Crippen LogP) is 2.96. The van der Waals surface area contributed by atoms with E-state index in [1.54, 1.807) is 86.2 Å². The molecule has 4 fully saturated rings. The van der Waals surface area contributed by atoms with Crippen LogP contribution in [-0.2, 0) is 87.2 Å². The lowest BCUT2D eigenvalue weighted by molar-refractivity contribution is -0.139. The first-order valence-corrected chi connectivity index (χ1v) is 34.9. The average molecular weight is 1470 g/mol. The Hall–Kier alpha value is -12.2. The number of nitrogens with zero attached hydrogens (tertiary/aromatic N) is 12. The number of benzene rings is 4. The molecule has 0 spiro atoms. The fourth-order valence-corrected chi connectivity index (χ4v) is 13.8. The molecule has 0 unspecified atom stereocenters. The molecular formula is C73H77F3N18O13. The van der Waals surface area contributed by atoms with Gasteiger partial charge < -0.3 is 56.5 Å². The summed E-state index contributed by atoms with van der Waals surface area (Å²) in [6.07, 6.45) is 0.387. The zero-order chi connectivity index (χ0) is 76.2. The van der Waals surface area contributed by atoms with Crippen LogP contribution in [0.15, 0.2) is 97.3 Å². The highest BCUT2D eigenvalue weighted by atomic mass is 19.3. The number of hydrogen-bond acceptors (Lipinski definition) is 17. The summed E-state index contributed by atoms with van der Waals surface area (Å²) in [6, 6.07) is 23.7. The topological polar surface area (TPSA) is 400 Å². The maximum absolute atomic E-state index is 13.9. The number of amides is 10. The molecule has 7 atom stereocenters. The first kappa shape index (κ1) is 75.9. The Kier molecular flexibility index (Phi) is 23.9. The number of rotatable bonds is 26. The normalized spacial score (nSPS) is 20.1. The second-order valence-electron chi connectivity index (χ2n) is 27.2. The van der Waals surface area contributed by atoms with E-state index in [-0.39, 0.29) is 126 Å². The molecule has 558 valence electrons. The first-order valence-electron chi connectivity index (χ1n) is 34.9. The number of aliphatic carboxylic acids is 1. The molecule has 34 heteroatoms. The van der Waals surface area contributed by atoms with Gasteiger partial charge in [-0.25, -0.2) is 29.1 Å². The lowest BCUT2D eigenvalue weighted by Crippen LogP contribution is -2.46. The van der Waals surface area contributed by atoms with Crippen molar-refractivity contribution in [2.45, 2.75) is 147 Å². The van der Waals surface area contributed by atoms with Gasteiger partial charge in [0.1, 0.15) is 41.5 Å². The van der Waals surface area contributed by atoms with Gasteiger partial charge in [-0.15, -0.1) is 10.2 Å². The quantitative estimate of drug-likeness (QED) is 0.0303. The number of halogens is 3.